The van der Waals surface area contributed by atoms with Crippen molar-refractivity contribution in [2.45, 2.75) is 13.0 Å². The number of carbonyl (C=O) groups excluding carboxylic acids is 1. The van der Waals surface area contributed by atoms with Gasteiger partial charge in [-0.15, -0.1) is 0 Å². The Morgan fingerprint density at radius 3 is 2.80 bits per heavy atom. The van der Waals surface area contributed by atoms with E-state index < -0.39 is 16.1 Å². The van der Waals surface area contributed by atoms with Gasteiger partial charge in [-0.2, -0.15) is 4.31 Å². The van der Waals surface area contributed by atoms with Gasteiger partial charge in [0.2, 0.25) is 15.9 Å². The lowest BCUT2D eigenvalue weighted by molar-refractivity contribution is -0.125. The summed E-state index contributed by atoms with van der Waals surface area (Å²) >= 11 is 0. The molecular formula is C8H17N3O3S. The topological polar surface area (TPSA) is 78.5 Å². The van der Waals surface area contributed by atoms with Gasteiger partial charge >= 0.3 is 0 Å². The third kappa shape index (κ3) is 3.15. The standard InChI is InChI=1S/C8H17N3O3S/c1-3-10-8(12)7-6-9-4-5-11(7)15(2,13)14/h7,9H,3-6H2,1-2H3,(H,10,12). The van der Waals surface area contributed by atoms with Crippen LogP contribution in [0.5, 0.6) is 0 Å². The van der Waals surface area contributed by atoms with Crippen molar-refractivity contribution in [3.63, 3.8) is 0 Å². The van der Waals surface area contributed by atoms with Crippen LogP contribution in [0.25, 0.3) is 0 Å². The monoisotopic (exact) mass is 235 g/mol. The van der Waals surface area contributed by atoms with E-state index in [9.17, 15) is 13.2 Å². The van der Waals surface area contributed by atoms with Crippen LogP contribution in [0.3, 0.4) is 0 Å². The van der Waals surface area contributed by atoms with Crippen molar-refractivity contribution in [3.8, 4) is 0 Å². The molecule has 0 radical (unpaired) electrons. The number of nitrogens with zero attached hydrogens (tertiary/aromatic N) is 1. The second kappa shape index (κ2) is 4.91. The lowest BCUT2D eigenvalue weighted by atomic mass is 10.2. The summed E-state index contributed by atoms with van der Waals surface area (Å²) in [4.78, 5) is 11.6. The van der Waals surface area contributed by atoms with Gasteiger partial charge in [-0.1, -0.05) is 0 Å². The van der Waals surface area contributed by atoms with E-state index in [0.717, 1.165) is 6.26 Å². The molecule has 0 spiro atoms. The molecule has 0 saturated carbocycles. The molecule has 1 aliphatic rings. The first-order chi connectivity index (χ1) is 6.96. The van der Waals surface area contributed by atoms with Crippen LogP contribution in [0, 0.1) is 0 Å². The molecule has 6 nitrogen and oxygen atoms in total. The molecule has 0 bridgehead atoms. The number of carbonyl (C=O) groups is 1. The zero-order valence-corrected chi connectivity index (χ0v) is 9.80. The third-order valence-electron chi connectivity index (χ3n) is 2.27. The van der Waals surface area contributed by atoms with E-state index in [1.54, 1.807) is 6.92 Å². The summed E-state index contributed by atoms with van der Waals surface area (Å²) in [5.41, 5.74) is 0. The Morgan fingerprint density at radius 1 is 1.60 bits per heavy atom. The molecule has 1 atom stereocenters. The van der Waals surface area contributed by atoms with Gasteiger partial charge < -0.3 is 10.6 Å². The summed E-state index contributed by atoms with van der Waals surface area (Å²) in [5.74, 6) is -0.241. The van der Waals surface area contributed by atoms with Gasteiger partial charge in [0.15, 0.2) is 0 Å². The number of likely N-dealkylation sites (N-methyl/N-ethyl adjacent to an activating group) is 1. The summed E-state index contributed by atoms with van der Waals surface area (Å²) < 4.78 is 24.1. The van der Waals surface area contributed by atoms with E-state index in [4.69, 9.17) is 0 Å². The molecular weight excluding hydrogens is 218 g/mol. The Kier molecular flexibility index (Phi) is 4.06. The summed E-state index contributed by atoms with van der Waals surface area (Å²) in [5, 5.41) is 5.64. The van der Waals surface area contributed by atoms with E-state index in [1.165, 1.54) is 4.31 Å². The Balaban J connectivity index is 2.79. The van der Waals surface area contributed by atoms with Crippen LogP contribution >= 0.6 is 0 Å². The molecule has 1 aliphatic heterocycles. The highest BCUT2D eigenvalue weighted by atomic mass is 32.2. The number of nitrogens with one attached hydrogen (secondary N) is 2. The summed E-state index contributed by atoms with van der Waals surface area (Å²) in [6.07, 6.45) is 1.13. The van der Waals surface area contributed by atoms with E-state index in [-0.39, 0.29) is 5.91 Å². The Morgan fingerprint density at radius 2 is 2.27 bits per heavy atom. The van der Waals surface area contributed by atoms with Gasteiger partial charge in [0.1, 0.15) is 6.04 Å². The molecule has 1 rings (SSSR count). The van der Waals surface area contributed by atoms with Crippen LogP contribution in [-0.4, -0.2) is 57.1 Å². The first-order valence-corrected chi connectivity index (χ1v) is 6.77. The molecule has 0 aliphatic carbocycles. The average molecular weight is 235 g/mol. The van der Waals surface area contributed by atoms with E-state index in [1.807, 2.05) is 0 Å². The molecule has 1 saturated heterocycles. The molecule has 0 aromatic rings. The zero-order chi connectivity index (χ0) is 11.5. The van der Waals surface area contributed by atoms with Crippen LogP contribution in [-0.2, 0) is 14.8 Å². The SMILES string of the molecule is CCNC(=O)C1CNCCN1S(C)(=O)=O. The summed E-state index contributed by atoms with van der Waals surface area (Å²) in [7, 11) is -3.31. The normalized spacial score (nSPS) is 23.7. The zero-order valence-electron chi connectivity index (χ0n) is 8.99. The fraction of sp³-hybridized carbons (Fsp3) is 0.875. The fourth-order valence-corrected chi connectivity index (χ4v) is 2.65. The molecule has 1 unspecified atom stereocenters. The predicted molar refractivity (Wildman–Crippen MR) is 56.9 cm³/mol. The Hall–Kier alpha value is -0.660. The van der Waals surface area contributed by atoms with Crippen LogP contribution in [0.4, 0.5) is 0 Å². The second-order valence-corrected chi connectivity index (χ2v) is 5.42. The molecule has 0 aromatic heterocycles. The van der Waals surface area contributed by atoms with Crippen molar-refractivity contribution >= 4 is 15.9 Å². The third-order valence-corrected chi connectivity index (χ3v) is 3.56. The van der Waals surface area contributed by atoms with Crippen molar-refractivity contribution in [1.29, 1.82) is 0 Å². The minimum Gasteiger partial charge on any atom is -0.355 e. The number of amides is 1. The van der Waals surface area contributed by atoms with E-state index in [2.05, 4.69) is 10.6 Å². The molecule has 7 heteroatoms. The van der Waals surface area contributed by atoms with Crippen molar-refractivity contribution in [2.75, 3.05) is 32.4 Å². The van der Waals surface area contributed by atoms with Gasteiger partial charge in [0.05, 0.1) is 6.26 Å². The molecule has 15 heavy (non-hydrogen) atoms. The van der Waals surface area contributed by atoms with Crippen LogP contribution in [0.1, 0.15) is 6.92 Å². The van der Waals surface area contributed by atoms with Gasteiger partial charge in [0, 0.05) is 26.2 Å². The van der Waals surface area contributed by atoms with Crippen LogP contribution < -0.4 is 10.6 Å². The number of hydrogen-bond acceptors (Lipinski definition) is 4. The van der Waals surface area contributed by atoms with Crippen molar-refractivity contribution in [1.82, 2.24) is 14.9 Å². The first-order valence-electron chi connectivity index (χ1n) is 4.92. The smallest absolute Gasteiger partial charge is 0.239 e. The fourth-order valence-electron chi connectivity index (χ4n) is 1.60. The summed E-state index contributed by atoms with van der Waals surface area (Å²) in [6.45, 7) is 3.62. The molecule has 2 N–H and O–H groups in total. The molecule has 0 aromatic carbocycles. The predicted octanol–water partition coefficient (Wildman–Crippen LogP) is -1.64. The number of piperazine rings is 1. The average Bonchev–Trinajstić information content (AvgIpc) is 2.17. The quantitative estimate of drug-likeness (QED) is 0.615. The van der Waals surface area contributed by atoms with Crippen LogP contribution in [0.15, 0.2) is 0 Å². The number of sulfonamides is 1. The van der Waals surface area contributed by atoms with Gasteiger partial charge in [-0.05, 0) is 6.92 Å². The molecule has 88 valence electrons. The lowest BCUT2D eigenvalue weighted by Gasteiger charge is -2.32. The number of rotatable bonds is 3. The van der Waals surface area contributed by atoms with Gasteiger partial charge in [-0.25, -0.2) is 8.42 Å². The van der Waals surface area contributed by atoms with Crippen molar-refractivity contribution in [3.05, 3.63) is 0 Å². The molecule has 1 heterocycles. The molecule has 1 amide bonds. The van der Waals surface area contributed by atoms with Crippen LogP contribution in [0.2, 0.25) is 0 Å². The minimum atomic E-state index is -3.31. The highest BCUT2D eigenvalue weighted by molar-refractivity contribution is 7.88. The lowest BCUT2D eigenvalue weighted by Crippen LogP contribution is -2.59. The Bertz CT molecular complexity index is 328. The highest BCUT2D eigenvalue weighted by Gasteiger charge is 2.33. The van der Waals surface area contributed by atoms with E-state index in [0.29, 0.717) is 26.2 Å². The maximum absolute atomic E-state index is 11.6. The maximum atomic E-state index is 11.6. The Labute approximate surface area is 90.1 Å². The van der Waals surface area contributed by atoms with Crippen molar-refractivity contribution < 1.29 is 13.2 Å². The van der Waals surface area contributed by atoms with E-state index >= 15 is 0 Å². The highest BCUT2D eigenvalue weighted by Crippen LogP contribution is 2.08. The van der Waals surface area contributed by atoms with Crippen molar-refractivity contribution in [2.24, 2.45) is 0 Å². The largest absolute Gasteiger partial charge is 0.355 e. The summed E-state index contributed by atoms with van der Waals surface area (Å²) in [6, 6.07) is -0.617. The first kappa shape index (κ1) is 12.4. The maximum Gasteiger partial charge on any atom is 0.239 e. The number of hydrogen-bond donors (Lipinski definition) is 2. The van der Waals surface area contributed by atoms with Gasteiger partial charge in [0.25, 0.3) is 0 Å². The minimum absolute atomic E-state index is 0.241. The molecule has 1 fully saturated rings. The second-order valence-electron chi connectivity index (χ2n) is 3.49. The van der Waals surface area contributed by atoms with Gasteiger partial charge in [-0.3, -0.25) is 4.79 Å².